The lowest BCUT2D eigenvalue weighted by Gasteiger charge is -2.42. The highest BCUT2D eigenvalue weighted by atomic mass is 32.2. The van der Waals surface area contributed by atoms with E-state index < -0.39 is 15.4 Å². The summed E-state index contributed by atoms with van der Waals surface area (Å²) in [7, 11) is -3.65. The first-order chi connectivity index (χ1) is 15.0. The van der Waals surface area contributed by atoms with E-state index >= 15 is 0 Å². The quantitative estimate of drug-likeness (QED) is 0.631. The summed E-state index contributed by atoms with van der Waals surface area (Å²) in [5.41, 5.74) is 6.80. The van der Waals surface area contributed by atoms with Crippen molar-refractivity contribution in [2.75, 3.05) is 23.5 Å². The third-order valence-electron chi connectivity index (χ3n) is 5.48. The molecule has 11 heteroatoms. The molecule has 0 aliphatic carbocycles. The van der Waals surface area contributed by atoms with E-state index in [1.807, 2.05) is 0 Å². The van der Waals surface area contributed by atoms with Crippen LogP contribution < -0.4 is 10.6 Å². The van der Waals surface area contributed by atoms with Crippen molar-refractivity contribution in [2.24, 2.45) is 0 Å². The smallest absolute Gasteiger partial charge is 0.259 e. The number of nitriles is 1. The standard InChI is InChI=1S/C21H22N6O4S/c1-12-10-31-21(2,3)20(28)26(12)16-7-13(5-6-17(16)32(4,29)30)15-8-14(9-22)18-19(23)24-11-25-27(15)18/h5-8,11-12H,10H2,1-4H3,(H2,23,24,25). The number of amides is 1. The van der Waals surface area contributed by atoms with Gasteiger partial charge in [-0.1, -0.05) is 6.07 Å². The predicted octanol–water partition coefficient (Wildman–Crippen LogP) is 1.78. The minimum atomic E-state index is -3.65. The van der Waals surface area contributed by atoms with Gasteiger partial charge in [0.15, 0.2) is 15.7 Å². The second kappa shape index (κ2) is 7.29. The highest BCUT2D eigenvalue weighted by Crippen LogP contribution is 2.37. The van der Waals surface area contributed by atoms with Crippen LogP contribution in [0.15, 0.2) is 35.5 Å². The molecule has 0 bridgehead atoms. The van der Waals surface area contributed by atoms with Gasteiger partial charge >= 0.3 is 0 Å². The molecule has 1 atom stereocenters. The van der Waals surface area contributed by atoms with Gasteiger partial charge in [-0.05, 0) is 39.0 Å². The summed E-state index contributed by atoms with van der Waals surface area (Å²) in [4.78, 5) is 18.6. The molecule has 32 heavy (non-hydrogen) atoms. The van der Waals surface area contributed by atoms with Gasteiger partial charge in [0.2, 0.25) is 0 Å². The van der Waals surface area contributed by atoms with Crippen LogP contribution in [0.4, 0.5) is 11.5 Å². The number of carbonyl (C=O) groups is 1. The Labute approximate surface area is 185 Å². The predicted molar refractivity (Wildman–Crippen MR) is 118 cm³/mol. The number of fused-ring (bicyclic) bond motifs is 1. The van der Waals surface area contributed by atoms with Crippen LogP contribution in [-0.2, 0) is 19.4 Å². The lowest BCUT2D eigenvalue weighted by atomic mass is 10.0. The first-order valence-electron chi connectivity index (χ1n) is 9.80. The Balaban J connectivity index is 1.99. The monoisotopic (exact) mass is 454 g/mol. The number of carbonyl (C=O) groups excluding carboxylic acids is 1. The highest BCUT2D eigenvalue weighted by molar-refractivity contribution is 7.90. The Morgan fingerprint density at radius 2 is 2.03 bits per heavy atom. The minimum absolute atomic E-state index is 0.0228. The average Bonchev–Trinajstić information content (AvgIpc) is 3.11. The molecule has 1 fully saturated rings. The molecule has 1 amide bonds. The van der Waals surface area contributed by atoms with Crippen LogP contribution in [0.25, 0.3) is 16.8 Å². The second-order valence-corrected chi connectivity index (χ2v) is 10.2. The van der Waals surface area contributed by atoms with Crippen molar-refractivity contribution in [3.63, 3.8) is 0 Å². The number of aromatic nitrogens is 3. The van der Waals surface area contributed by atoms with E-state index in [0.717, 1.165) is 6.26 Å². The van der Waals surface area contributed by atoms with Gasteiger partial charge in [-0.3, -0.25) is 4.79 Å². The lowest BCUT2D eigenvalue weighted by Crippen LogP contribution is -2.58. The number of nitrogen functional groups attached to an aromatic ring is 1. The Morgan fingerprint density at radius 1 is 1.31 bits per heavy atom. The largest absolute Gasteiger partial charge is 0.382 e. The molecule has 1 aromatic carbocycles. The fourth-order valence-electron chi connectivity index (χ4n) is 3.84. The van der Waals surface area contributed by atoms with Crippen molar-refractivity contribution in [1.29, 1.82) is 5.26 Å². The van der Waals surface area contributed by atoms with Crippen LogP contribution >= 0.6 is 0 Å². The summed E-state index contributed by atoms with van der Waals surface area (Å²) in [6.45, 7) is 5.35. The molecule has 1 unspecified atom stereocenters. The molecule has 3 heterocycles. The molecule has 2 N–H and O–H groups in total. The molecule has 1 saturated heterocycles. The molecule has 1 aliphatic rings. The van der Waals surface area contributed by atoms with Crippen LogP contribution in [0.3, 0.4) is 0 Å². The molecule has 4 rings (SSSR count). The zero-order valence-electron chi connectivity index (χ0n) is 18.0. The van der Waals surface area contributed by atoms with E-state index in [1.165, 1.54) is 21.8 Å². The molecular formula is C21H22N6O4S. The molecule has 2 aromatic heterocycles. The number of sulfone groups is 1. The maximum absolute atomic E-state index is 13.2. The van der Waals surface area contributed by atoms with Gasteiger partial charge in [-0.25, -0.2) is 17.9 Å². The minimum Gasteiger partial charge on any atom is -0.382 e. The van der Waals surface area contributed by atoms with Gasteiger partial charge < -0.3 is 15.4 Å². The Kier molecular flexibility index (Phi) is 4.95. The molecule has 166 valence electrons. The Morgan fingerprint density at radius 3 is 2.69 bits per heavy atom. The van der Waals surface area contributed by atoms with Crippen LogP contribution in [0.5, 0.6) is 0 Å². The number of morpholine rings is 1. The average molecular weight is 455 g/mol. The Bertz CT molecular complexity index is 1400. The van der Waals surface area contributed by atoms with Gasteiger partial charge in [0.25, 0.3) is 5.91 Å². The molecule has 0 spiro atoms. The normalized spacial score (nSPS) is 18.7. The zero-order chi connectivity index (χ0) is 23.4. The van der Waals surface area contributed by atoms with Gasteiger partial charge in [0, 0.05) is 11.8 Å². The van der Waals surface area contributed by atoms with Crippen LogP contribution in [-0.4, -0.2) is 53.4 Å². The van der Waals surface area contributed by atoms with Crippen molar-refractivity contribution in [3.8, 4) is 17.3 Å². The number of hydrogen-bond acceptors (Lipinski definition) is 8. The fraction of sp³-hybridized carbons (Fsp3) is 0.333. The summed E-state index contributed by atoms with van der Waals surface area (Å²) in [5.74, 6) is -0.197. The number of benzene rings is 1. The van der Waals surface area contributed by atoms with Crippen LogP contribution in [0.1, 0.15) is 26.3 Å². The summed E-state index contributed by atoms with van der Waals surface area (Å²) in [6.07, 6.45) is 2.37. The van der Waals surface area contributed by atoms with Crippen molar-refractivity contribution in [3.05, 3.63) is 36.2 Å². The van der Waals surface area contributed by atoms with Crippen LogP contribution in [0.2, 0.25) is 0 Å². The van der Waals surface area contributed by atoms with Crippen molar-refractivity contribution in [2.45, 2.75) is 37.3 Å². The van der Waals surface area contributed by atoms with Crippen molar-refractivity contribution < 1.29 is 17.9 Å². The number of nitrogens with zero attached hydrogens (tertiary/aromatic N) is 5. The summed E-state index contributed by atoms with van der Waals surface area (Å²) < 4.78 is 32.3. The van der Waals surface area contributed by atoms with Gasteiger partial charge in [0.05, 0.1) is 34.5 Å². The fourth-order valence-corrected chi connectivity index (χ4v) is 4.69. The van der Waals surface area contributed by atoms with E-state index in [-0.39, 0.29) is 40.5 Å². The molecule has 1 aliphatic heterocycles. The second-order valence-electron chi connectivity index (χ2n) is 8.26. The number of nitrogens with two attached hydrogens (primary N) is 1. The van der Waals surface area contributed by atoms with Crippen molar-refractivity contribution >= 4 is 32.8 Å². The number of ether oxygens (including phenoxy) is 1. The first-order valence-corrected chi connectivity index (χ1v) is 11.7. The molecule has 3 aromatic rings. The molecule has 0 radical (unpaired) electrons. The maximum Gasteiger partial charge on any atom is 0.259 e. The number of rotatable bonds is 3. The van der Waals surface area contributed by atoms with E-state index in [1.54, 1.807) is 39.0 Å². The van der Waals surface area contributed by atoms with Gasteiger partial charge in [0.1, 0.15) is 23.5 Å². The SMILES string of the molecule is CC1COC(C)(C)C(=O)N1c1cc(-c2cc(C#N)c3c(N)ncnn23)ccc1S(C)(=O)=O. The van der Waals surface area contributed by atoms with Crippen LogP contribution in [0, 0.1) is 11.3 Å². The van der Waals surface area contributed by atoms with E-state index in [9.17, 15) is 18.5 Å². The van der Waals surface area contributed by atoms with Gasteiger partial charge in [-0.2, -0.15) is 10.4 Å². The molecule has 0 saturated carbocycles. The summed E-state index contributed by atoms with van der Waals surface area (Å²) in [6, 6.07) is 7.99. The summed E-state index contributed by atoms with van der Waals surface area (Å²) >= 11 is 0. The maximum atomic E-state index is 13.2. The van der Waals surface area contributed by atoms with E-state index in [4.69, 9.17) is 10.5 Å². The molecular weight excluding hydrogens is 432 g/mol. The highest BCUT2D eigenvalue weighted by Gasteiger charge is 2.42. The summed E-state index contributed by atoms with van der Waals surface area (Å²) in [5, 5.41) is 13.7. The van der Waals surface area contributed by atoms with E-state index in [2.05, 4.69) is 16.2 Å². The number of anilines is 2. The molecule has 10 nitrogen and oxygen atoms in total. The number of hydrogen-bond donors (Lipinski definition) is 1. The van der Waals surface area contributed by atoms with Crippen molar-refractivity contribution in [1.82, 2.24) is 14.6 Å². The first kappa shape index (κ1) is 21.7. The topological polar surface area (TPSA) is 144 Å². The van der Waals surface area contributed by atoms with E-state index in [0.29, 0.717) is 16.8 Å². The van der Waals surface area contributed by atoms with Gasteiger partial charge in [-0.15, -0.1) is 0 Å². The zero-order valence-corrected chi connectivity index (χ0v) is 18.8. The Hall–Kier alpha value is -3.49. The third-order valence-corrected chi connectivity index (χ3v) is 6.62. The lowest BCUT2D eigenvalue weighted by molar-refractivity contribution is -0.147. The third kappa shape index (κ3) is 3.37.